The van der Waals surface area contributed by atoms with Crippen LogP contribution in [0.1, 0.15) is 19.3 Å². The first-order valence-electron chi connectivity index (χ1n) is 5.70. The molecular formula is C13H18N2O3. The number of allylic oxidation sites excluding steroid dienone is 3. The molecule has 0 radical (unpaired) electrons. The van der Waals surface area contributed by atoms with Gasteiger partial charge in [0.15, 0.2) is 0 Å². The SMILES string of the molecule is COC1=CC=C(CN=C/C(=C\N)CC(=O)O)CC1. The molecule has 0 unspecified atom stereocenters. The molecular weight excluding hydrogens is 232 g/mol. The third-order valence-corrected chi connectivity index (χ3v) is 2.58. The maximum absolute atomic E-state index is 10.5. The lowest BCUT2D eigenvalue weighted by atomic mass is 10.0. The summed E-state index contributed by atoms with van der Waals surface area (Å²) in [5.41, 5.74) is 7.02. The lowest BCUT2D eigenvalue weighted by Gasteiger charge is -2.11. The lowest BCUT2D eigenvalue weighted by molar-refractivity contribution is -0.136. The van der Waals surface area contributed by atoms with Crippen LogP contribution in [0.4, 0.5) is 0 Å². The fraction of sp³-hybridized carbons (Fsp3) is 0.385. The Morgan fingerprint density at radius 1 is 1.56 bits per heavy atom. The minimum absolute atomic E-state index is 0.104. The molecule has 0 amide bonds. The molecule has 0 bridgehead atoms. The first kappa shape index (κ1) is 14.0. The van der Waals surface area contributed by atoms with Gasteiger partial charge in [0, 0.05) is 12.6 Å². The number of hydrogen-bond donors (Lipinski definition) is 2. The molecule has 1 rings (SSSR count). The van der Waals surface area contributed by atoms with Gasteiger partial charge in [-0.3, -0.25) is 9.79 Å². The van der Waals surface area contributed by atoms with Gasteiger partial charge in [-0.2, -0.15) is 0 Å². The van der Waals surface area contributed by atoms with Crippen LogP contribution in [-0.2, 0) is 9.53 Å². The highest BCUT2D eigenvalue weighted by molar-refractivity contribution is 5.86. The van der Waals surface area contributed by atoms with Gasteiger partial charge >= 0.3 is 5.97 Å². The summed E-state index contributed by atoms with van der Waals surface area (Å²) >= 11 is 0. The summed E-state index contributed by atoms with van der Waals surface area (Å²) in [4.78, 5) is 14.7. The first-order chi connectivity index (χ1) is 8.65. The summed E-state index contributed by atoms with van der Waals surface area (Å²) in [5.74, 6) is 0.0545. The normalized spacial score (nSPS) is 16.4. The summed E-state index contributed by atoms with van der Waals surface area (Å²) < 4.78 is 5.13. The summed E-state index contributed by atoms with van der Waals surface area (Å²) in [6.45, 7) is 0.560. The quantitative estimate of drug-likeness (QED) is 0.701. The number of nitrogens with zero attached hydrogens (tertiary/aromatic N) is 1. The van der Waals surface area contributed by atoms with E-state index in [2.05, 4.69) is 4.99 Å². The number of carbonyl (C=O) groups is 1. The van der Waals surface area contributed by atoms with Gasteiger partial charge in [0.05, 0.1) is 25.8 Å². The second-order valence-electron chi connectivity index (χ2n) is 3.94. The Kier molecular flexibility index (Phi) is 5.70. The fourth-order valence-corrected chi connectivity index (χ4v) is 1.57. The fourth-order valence-electron chi connectivity index (χ4n) is 1.57. The molecule has 5 heteroatoms. The molecule has 0 aliphatic heterocycles. The van der Waals surface area contributed by atoms with E-state index in [1.165, 1.54) is 18.0 Å². The zero-order valence-electron chi connectivity index (χ0n) is 10.4. The molecule has 1 aliphatic rings. The van der Waals surface area contributed by atoms with Crippen LogP contribution in [0.3, 0.4) is 0 Å². The van der Waals surface area contributed by atoms with Crippen molar-refractivity contribution >= 4 is 12.2 Å². The van der Waals surface area contributed by atoms with Crippen molar-refractivity contribution in [1.29, 1.82) is 0 Å². The van der Waals surface area contributed by atoms with Crippen molar-refractivity contribution < 1.29 is 14.6 Å². The zero-order chi connectivity index (χ0) is 13.4. The third-order valence-electron chi connectivity index (χ3n) is 2.58. The summed E-state index contributed by atoms with van der Waals surface area (Å²) in [5, 5.41) is 8.63. The van der Waals surface area contributed by atoms with Crippen molar-refractivity contribution in [3.8, 4) is 0 Å². The van der Waals surface area contributed by atoms with Gasteiger partial charge in [0.25, 0.3) is 0 Å². The van der Waals surface area contributed by atoms with Crippen LogP contribution in [0.2, 0.25) is 0 Å². The second kappa shape index (κ2) is 7.32. The van der Waals surface area contributed by atoms with Crippen LogP contribution in [0.25, 0.3) is 0 Å². The van der Waals surface area contributed by atoms with E-state index in [4.69, 9.17) is 15.6 Å². The highest BCUT2D eigenvalue weighted by atomic mass is 16.5. The molecule has 5 nitrogen and oxygen atoms in total. The lowest BCUT2D eigenvalue weighted by Crippen LogP contribution is -2.02. The average molecular weight is 250 g/mol. The second-order valence-corrected chi connectivity index (χ2v) is 3.94. The summed E-state index contributed by atoms with van der Waals surface area (Å²) in [6.07, 6.45) is 8.41. The molecule has 0 saturated carbocycles. The summed E-state index contributed by atoms with van der Waals surface area (Å²) in [7, 11) is 1.66. The molecule has 0 saturated heterocycles. The van der Waals surface area contributed by atoms with Crippen molar-refractivity contribution in [2.75, 3.05) is 13.7 Å². The van der Waals surface area contributed by atoms with Crippen LogP contribution < -0.4 is 5.73 Å². The maximum Gasteiger partial charge on any atom is 0.307 e. The molecule has 0 spiro atoms. The maximum atomic E-state index is 10.5. The first-order valence-corrected chi connectivity index (χ1v) is 5.70. The third kappa shape index (κ3) is 4.86. The molecule has 0 aromatic rings. The molecule has 0 fully saturated rings. The van der Waals surface area contributed by atoms with Crippen molar-refractivity contribution in [3.63, 3.8) is 0 Å². The number of methoxy groups -OCH3 is 1. The van der Waals surface area contributed by atoms with Crippen LogP contribution in [0.5, 0.6) is 0 Å². The number of hydrogen-bond acceptors (Lipinski definition) is 4. The van der Waals surface area contributed by atoms with Gasteiger partial charge in [0.2, 0.25) is 0 Å². The highest BCUT2D eigenvalue weighted by Crippen LogP contribution is 2.18. The summed E-state index contributed by atoms with van der Waals surface area (Å²) in [6, 6.07) is 0. The minimum atomic E-state index is -0.914. The Balaban J connectivity index is 2.48. The van der Waals surface area contributed by atoms with Crippen LogP contribution in [-0.4, -0.2) is 30.9 Å². The van der Waals surface area contributed by atoms with Crippen LogP contribution in [0, 0.1) is 0 Å². The van der Waals surface area contributed by atoms with Gasteiger partial charge in [-0.05, 0) is 29.8 Å². The van der Waals surface area contributed by atoms with Gasteiger partial charge in [-0.25, -0.2) is 0 Å². The van der Waals surface area contributed by atoms with E-state index in [0.29, 0.717) is 12.1 Å². The Morgan fingerprint density at radius 3 is 2.83 bits per heavy atom. The molecule has 98 valence electrons. The topological polar surface area (TPSA) is 84.9 Å². The molecule has 3 N–H and O–H groups in total. The Bertz CT molecular complexity index is 420. The van der Waals surface area contributed by atoms with Crippen molar-refractivity contribution in [3.05, 3.63) is 35.3 Å². The van der Waals surface area contributed by atoms with E-state index >= 15 is 0 Å². The van der Waals surface area contributed by atoms with Crippen LogP contribution >= 0.6 is 0 Å². The molecule has 0 heterocycles. The Labute approximate surface area is 106 Å². The van der Waals surface area contributed by atoms with Crippen LogP contribution in [0.15, 0.2) is 40.2 Å². The van der Waals surface area contributed by atoms with E-state index in [1.807, 2.05) is 12.2 Å². The number of aliphatic carboxylic acids is 1. The van der Waals surface area contributed by atoms with Crippen molar-refractivity contribution in [2.24, 2.45) is 10.7 Å². The van der Waals surface area contributed by atoms with Crippen molar-refractivity contribution in [1.82, 2.24) is 0 Å². The van der Waals surface area contributed by atoms with E-state index in [1.54, 1.807) is 7.11 Å². The molecule has 0 aromatic carbocycles. The van der Waals surface area contributed by atoms with Gasteiger partial charge < -0.3 is 15.6 Å². The van der Waals surface area contributed by atoms with Gasteiger partial charge in [0.1, 0.15) is 0 Å². The number of carboxylic acid groups (broad SMARTS) is 1. The standard InChI is InChI=1S/C13H18N2O3/c1-18-12-4-2-10(3-5-12)8-15-9-11(7-14)6-13(16)17/h2,4,7,9H,3,5-6,8,14H2,1H3,(H,16,17)/b11-7-,15-9?. The number of nitrogens with two attached hydrogens (primary N) is 1. The van der Waals surface area contributed by atoms with E-state index in [-0.39, 0.29) is 6.42 Å². The molecule has 1 aliphatic carbocycles. The smallest absolute Gasteiger partial charge is 0.307 e. The number of carboxylic acids is 1. The zero-order valence-corrected chi connectivity index (χ0v) is 10.4. The minimum Gasteiger partial charge on any atom is -0.501 e. The van der Waals surface area contributed by atoms with E-state index < -0.39 is 5.97 Å². The number of ether oxygens (including phenoxy) is 1. The number of aliphatic imine (C=N–C) groups is 1. The van der Waals surface area contributed by atoms with E-state index in [9.17, 15) is 4.79 Å². The molecule has 0 aromatic heterocycles. The Morgan fingerprint density at radius 2 is 2.33 bits per heavy atom. The predicted molar refractivity (Wildman–Crippen MR) is 70.3 cm³/mol. The van der Waals surface area contributed by atoms with Crippen molar-refractivity contribution in [2.45, 2.75) is 19.3 Å². The van der Waals surface area contributed by atoms with E-state index in [0.717, 1.165) is 18.6 Å². The number of rotatable bonds is 6. The Hall–Kier alpha value is -2.04. The monoisotopic (exact) mass is 250 g/mol. The molecule has 0 atom stereocenters. The molecule has 18 heavy (non-hydrogen) atoms. The largest absolute Gasteiger partial charge is 0.501 e. The van der Waals surface area contributed by atoms with Gasteiger partial charge in [-0.15, -0.1) is 0 Å². The average Bonchev–Trinajstić information content (AvgIpc) is 2.38. The highest BCUT2D eigenvalue weighted by Gasteiger charge is 2.05. The van der Waals surface area contributed by atoms with Gasteiger partial charge in [-0.1, -0.05) is 6.08 Å². The predicted octanol–water partition coefficient (Wildman–Crippen LogP) is 1.62.